The zero-order chi connectivity index (χ0) is 16.2. The molecule has 0 saturated heterocycles. The quantitative estimate of drug-likeness (QED) is 0.734. The number of aryl methyl sites for hydroxylation is 1. The topological polar surface area (TPSA) is 63.2 Å². The second-order valence-electron chi connectivity index (χ2n) is 5.45. The molecule has 0 saturated carbocycles. The third-order valence-corrected chi connectivity index (χ3v) is 3.87. The van der Waals surface area contributed by atoms with Crippen LogP contribution in [0, 0.1) is 5.41 Å². The maximum Gasteiger partial charge on any atom is 0.203 e. The average Bonchev–Trinajstić information content (AvgIpc) is 2.85. The summed E-state index contributed by atoms with van der Waals surface area (Å²) in [5, 5.41) is 18.6. The Kier molecular flexibility index (Phi) is 4.48. The first kappa shape index (κ1) is 15.4. The number of aromatic nitrogens is 2. The Morgan fingerprint density at radius 2 is 1.61 bits per heavy atom. The largest absolute Gasteiger partial charge is 0.491 e. The van der Waals surface area contributed by atoms with Gasteiger partial charge < -0.3 is 19.0 Å². The number of imidazole rings is 1. The monoisotopic (exact) mass is 311 g/mol. The van der Waals surface area contributed by atoms with E-state index in [9.17, 15) is 5.11 Å². The minimum absolute atomic E-state index is 0.197. The summed E-state index contributed by atoms with van der Waals surface area (Å²) in [5.74, 6) is 0.735. The van der Waals surface area contributed by atoms with Crippen molar-refractivity contribution in [3.63, 3.8) is 0 Å². The Morgan fingerprint density at radius 1 is 1.00 bits per heavy atom. The highest BCUT2D eigenvalue weighted by Gasteiger charge is 2.13. The summed E-state index contributed by atoms with van der Waals surface area (Å²) in [6, 6.07) is 17.3. The van der Waals surface area contributed by atoms with Gasteiger partial charge in [-0.3, -0.25) is 5.41 Å². The molecule has 23 heavy (non-hydrogen) atoms. The molecular formula is C18H21N3O2. The molecule has 1 heterocycles. The molecule has 5 nitrogen and oxygen atoms in total. The van der Waals surface area contributed by atoms with Gasteiger partial charge in [0.1, 0.15) is 18.5 Å². The van der Waals surface area contributed by atoms with Crippen LogP contribution in [0.1, 0.15) is 6.92 Å². The second-order valence-corrected chi connectivity index (χ2v) is 5.45. The zero-order valence-corrected chi connectivity index (χ0v) is 13.1. The van der Waals surface area contributed by atoms with Gasteiger partial charge in [0.2, 0.25) is 5.62 Å². The molecule has 0 spiro atoms. The van der Waals surface area contributed by atoms with E-state index < -0.39 is 6.10 Å². The molecule has 1 aromatic heterocycles. The van der Waals surface area contributed by atoms with E-state index in [2.05, 4.69) is 0 Å². The molecule has 0 fully saturated rings. The predicted octanol–water partition coefficient (Wildman–Crippen LogP) is 2.38. The van der Waals surface area contributed by atoms with Crippen LogP contribution in [0.5, 0.6) is 5.75 Å². The van der Waals surface area contributed by atoms with E-state index in [1.165, 1.54) is 0 Å². The number of aliphatic hydroxyl groups excluding tert-OH is 1. The van der Waals surface area contributed by atoms with Crippen LogP contribution in [0.2, 0.25) is 0 Å². The van der Waals surface area contributed by atoms with Crippen LogP contribution in [-0.2, 0) is 13.1 Å². The van der Waals surface area contributed by atoms with Crippen molar-refractivity contribution < 1.29 is 9.84 Å². The van der Waals surface area contributed by atoms with Gasteiger partial charge in [-0.15, -0.1) is 0 Å². The first-order valence-corrected chi connectivity index (χ1v) is 7.79. The number of hydrogen-bond donors (Lipinski definition) is 2. The van der Waals surface area contributed by atoms with Gasteiger partial charge in [0, 0.05) is 6.54 Å². The van der Waals surface area contributed by atoms with Crippen molar-refractivity contribution in [1.29, 1.82) is 5.41 Å². The number of benzene rings is 2. The van der Waals surface area contributed by atoms with Gasteiger partial charge in [0.05, 0.1) is 17.6 Å². The normalized spacial score (nSPS) is 12.4. The maximum atomic E-state index is 10.3. The lowest BCUT2D eigenvalue weighted by Gasteiger charge is -2.13. The van der Waals surface area contributed by atoms with E-state index in [4.69, 9.17) is 10.1 Å². The minimum Gasteiger partial charge on any atom is -0.491 e. The van der Waals surface area contributed by atoms with Gasteiger partial charge in [-0.05, 0) is 31.2 Å². The van der Waals surface area contributed by atoms with E-state index in [1.807, 2.05) is 70.7 Å². The molecule has 0 unspecified atom stereocenters. The van der Waals surface area contributed by atoms with Crippen LogP contribution in [0.3, 0.4) is 0 Å². The standard InChI is InChI=1S/C18H21N3O2/c1-2-20-16-10-6-7-11-17(16)21(18(20)19)12-14(22)13-23-15-8-4-3-5-9-15/h3-11,14,19,22H,2,12-13H2,1H3/t14-/m0/s1. The first-order chi connectivity index (χ1) is 11.2. The van der Waals surface area contributed by atoms with Crippen molar-refractivity contribution in [2.45, 2.75) is 26.1 Å². The number of nitrogens with one attached hydrogen (secondary N) is 1. The molecule has 3 aromatic rings. The number of aliphatic hydroxyl groups is 1. The summed E-state index contributed by atoms with van der Waals surface area (Å²) < 4.78 is 9.36. The smallest absolute Gasteiger partial charge is 0.203 e. The van der Waals surface area contributed by atoms with Gasteiger partial charge in [0.25, 0.3) is 0 Å². The number of para-hydroxylation sites is 3. The molecule has 0 radical (unpaired) electrons. The molecule has 0 amide bonds. The highest BCUT2D eigenvalue weighted by molar-refractivity contribution is 5.75. The number of nitrogens with zero attached hydrogens (tertiary/aromatic N) is 2. The van der Waals surface area contributed by atoms with Crippen LogP contribution in [0.25, 0.3) is 11.0 Å². The maximum absolute atomic E-state index is 10.3. The molecule has 1 atom stereocenters. The van der Waals surface area contributed by atoms with E-state index >= 15 is 0 Å². The second kappa shape index (κ2) is 6.71. The lowest BCUT2D eigenvalue weighted by atomic mass is 10.3. The number of hydrogen-bond acceptors (Lipinski definition) is 3. The Bertz CT molecular complexity index is 836. The zero-order valence-electron chi connectivity index (χ0n) is 13.1. The first-order valence-electron chi connectivity index (χ1n) is 7.79. The third-order valence-electron chi connectivity index (χ3n) is 3.87. The molecule has 120 valence electrons. The number of fused-ring (bicyclic) bond motifs is 1. The molecule has 0 aliphatic heterocycles. The molecular weight excluding hydrogens is 290 g/mol. The molecule has 5 heteroatoms. The highest BCUT2D eigenvalue weighted by atomic mass is 16.5. The molecule has 0 aliphatic rings. The molecule has 0 aliphatic carbocycles. The van der Waals surface area contributed by atoms with Gasteiger partial charge >= 0.3 is 0 Å². The SMILES string of the molecule is CCn1c(=N)n(C[C@H](O)COc2ccccc2)c2ccccc21. The van der Waals surface area contributed by atoms with Crippen molar-refractivity contribution in [2.75, 3.05) is 6.61 Å². The molecule has 3 rings (SSSR count). The summed E-state index contributed by atoms with van der Waals surface area (Å²) in [5.41, 5.74) is 2.36. The van der Waals surface area contributed by atoms with Gasteiger partial charge in [-0.1, -0.05) is 30.3 Å². The van der Waals surface area contributed by atoms with E-state index in [0.717, 1.165) is 23.3 Å². The summed E-state index contributed by atoms with van der Waals surface area (Å²) in [6.07, 6.45) is -0.680. The van der Waals surface area contributed by atoms with E-state index in [0.29, 0.717) is 12.2 Å². The Balaban J connectivity index is 1.78. The minimum atomic E-state index is -0.680. The van der Waals surface area contributed by atoms with Crippen LogP contribution >= 0.6 is 0 Å². The summed E-state index contributed by atoms with van der Waals surface area (Å²) in [4.78, 5) is 0. The third kappa shape index (κ3) is 3.14. The van der Waals surface area contributed by atoms with Crippen molar-refractivity contribution in [3.8, 4) is 5.75 Å². The fourth-order valence-corrected chi connectivity index (χ4v) is 2.77. The van der Waals surface area contributed by atoms with Crippen molar-refractivity contribution >= 4 is 11.0 Å². The van der Waals surface area contributed by atoms with E-state index in [1.54, 1.807) is 0 Å². The lowest BCUT2D eigenvalue weighted by Crippen LogP contribution is -2.31. The van der Waals surface area contributed by atoms with Crippen molar-refractivity contribution in [3.05, 3.63) is 60.2 Å². The average molecular weight is 311 g/mol. The van der Waals surface area contributed by atoms with Gasteiger partial charge in [-0.2, -0.15) is 0 Å². The Morgan fingerprint density at radius 3 is 2.26 bits per heavy atom. The van der Waals surface area contributed by atoms with E-state index in [-0.39, 0.29) is 6.61 Å². The summed E-state index contributed by atoms with van der Waals surface area (Å²) in [6.45, 7) is 3.27. The van der Waals surface area contributed by atoms with Crippen LogP contribution in [-0.4, -0.2) is 27.0 Å². The van der Waals surface area contributed by atoms with Crippen molar-refractivity contribution in [2.24, 2.45) is 0 Å². The Labute approximate surface area is 134 Å². The summed E-state index contributed by atoms with van der Waals surface area (Å²) in [7, 11) is 0. The van der Waals surface area contributed by atoms with Crippen molar-refractivity contribution in [1.82, 2.24) is 9.13 Å². The Hall–Kier alpha value is -2.53. The number of ether oxygens (including phenoxy) is 1. The van der Waals surface area contributed by atoms with Crippen LogP contribution in [0.4, 0.5) is 0 Å². The fraction of sp³-hybridized carbons (Fsp3) is 0.278. The lowest BCUT2D eigenvalue weighted by molar-refractivity contribution is 0.0921. The summed E-state index contributed by atoms with van der Waals surface area (Å²) >= 11 is 0. The molecule has 0 bridgehead atoms. The molecule has 2 N–H and O–H groups in total. The fourth-order valence-electron chi connectivity index (χ4n) is 2.77. The van der Waals surface area contributed by atoms with Gasteiger partial charge in [0.15, 0.2) is 0 Å². The van der Waals surface area contributed by atoms with Gasteiger partial charge in [-0.25, -0.2) is 0 Å². The predicted molar refractivity (Wildman–Crippen MR) is 89.4 cm³/mol. The van der Waals surface area contributed by atoms with Crippen LogP contribution < -0.4 is 10.4 Å². The number of rotatable bonds is 6. The molecule has 2 aromatic carbocycles. The highest BCUT2D eigenvalue weighted by Crippen LogP contribution is 2.14. The van der Waals surface area contributed by atoms with Crippen LogP contribution in [0.15, 0.2) is 54.6 Å².